The fourth-order valence-electron chi connectivity index (χ4n) is 3.57. The smallest absolute Gasteiger partial charge is 0.267 e. The molecule has 0 aromatic heterocycles. The quantitative estimate of drug-likeness (QED) is 0.100. The Hall–Kier alpha value is 0.616. The summed E-state index contributed by atoms with van der Waals surface area (Å²) in [4.78, 5) is 11.7. The molecule has 0 aliphatic rings. The molecule has 0 heterocycles. The monoisotopic (exact) mass is 492 g/mol. The molecule has 0 aromatic rings. The zero-order valence-corrected chi connectivity index (χ0v) is 21.9. The van der Waals surface area contributed by atoms with E-state index in [9.17, 15) is 9.46 Å². The second kappa shape index (κ2) is 25.9. The van der Waals surface area contributed by atoms with Crippen LogP contribution in [-0.2, 0) is 30.4 Å². The molecule has 0 saturated carbocycles. The van der Waals surface area contributed by atoms with Crippen LogP contribution in [0.1, 0.15) is 142 Å². The average Bonchev–Trinajstić information content (AvgIpc) is 2.70. The van der Waals surface area contributed by atoms with Gasteiger partial charge >= 0.3 is 0 Å². The van der Waals surface area contributed by atoms with E-state index in [-0.39, 0.29) is 30.0 Å². The minimum absolute atomic E-state index is 0. The third kappa shape index (κ3) is 26.7. The number of hydrogen-bond donors (Lipinski definition) is 0. The molecule has 0 N–H and O–H groups in total. The normalized spacial score (nSPS) is 11.6. The minimum atomic E-state index is -4.10. The van der Waals surface area contributed by atoms with Crippen LogP contribution in [0.15, 0.2) is 0 Å². The standard InChI is InChI=1S/C24H51O4P.Co/c1-3-5-7-9-11-13-15-17-19-21-23-27-29(25,26)28-24-22-20-18-16-14-12-10-8-6-4-2;/h3-24H2,1-2H3,(H,25,26);/p-1. The van der Waals surface area contributed by atoms with Crippen molar-refractivity contribution in [2.75, 3.05) is 13.2 Å². The third-order valence-electron chi connectivity index (χ3n) is 5.49. The first-order valence-electron chi connectivity index (χ1n) is 12.7. The third-order valence-corrected chi connectivity index (χ3v) is 6.49. The Labute approximate surface area is 198 Å². The van der Waals surface area contributed by atoms with Crippen molar-refractivity contribution in [1.82, 2.24) is 0 Å². The van der Waals surface area contributed by atoms with E-state index in [0.29, 0.717) is 0 Å². The summed E-state index contributed by atoms with van der Waals surface area (Å²) in [6.45, 7) is 5.00. The van der Waals surface area contributed by atoms with Gasteiger partial charge in [0.1, 0.15) is 0 Å². The SMILES string of the molecule is CCCCCCCCCCCCOP(=O)([O-])OCCCCCCCCCCCC.[Co]. The molecule has 0 saturated heterocycles. The number of hydrogen-bond acceptors (Lipinski definition) is 4. The van der Waals surface area contributed by atoms with Crippen molar-refractivity contribution >= 4 is 7.82 Å². The molecule has 0 spiro atoms. The van der Waals surface area contributed by atoms with Gasteiger partial charge in [-0.2, -0.15) is 0 Å². The van der Waals surface area contributed by atoms with Gasteiger partial charge in [0, 0.05) is 16.8 Å². The molecule has 0 rings (SSSR count). The molecule has 0 amide bonds. The maximum Gasteiger partial charge on any atom is 0.267 e. The van der Waals surface area contributed by atoms with Gasteiger partial charge in [-0.15, -0.1) is 0 Å². The summed E-state index contributed by atoms with van der Waals surface area (Å²) in [5.74, 6) is 0. The van der Waals surface area contributed by atoms with E-state index in [1.165, 1.54) is 103 Å². The van der Waals surface area contributed by atoms with Crippen molar-refractivity contribution in [1.29, 1.82) is 0 Å². The molecule has 30 heavy (non-hydrogen) atoms. The molecule has 0 aliphatic carbocycles. The number of rotatable bonds is 24. The Kier molecular flexibility index (Phi) is 28.3. The van der Waals surface area contributed by atoms with Gasteiger partial charge in [0.05, 0.1) is 13.2 Å². The first-order chi connectivity index (χ1) is 14.1. The van der Waals surface area contributed by atoms with Gasteiger partial charge in [-0.3, -0.25) is 4.57 Å². The number of phosphoric ester groups is 1. The molecule has 0 atom stereocenters. The Balaban J connectivity index is 0. The van der Waals surface area contributed by atoms with E-state index in [0.717, 1.165) is 25.7 Å². The fourth-order valence-corrected chi connectivity index (χ4v) is 4.35. The molecule has 1 radical (unpaired) electrons. The topological polar surface area (TPSA) is 58.6 Å². The van der Waals surface area contributed by atoms with E-state index < -0.39 is 7.82 Å². The molecule has 4 nitrogen and oxygen atoms in total. The first-order valence-corrected chi connectivity index (χ1v) is 14.2. The van der Waals surface area contributed by atoms with Crippen LogP contribution >= 0.6 is 7.82 Å². The second-order valence-electron chi connectivity index (χ2n) is 8.48. The summed E-state index contributed by atoms with van der Waals surface area (Å²) >= 11 is 0. The van der Waals surface area contributed by atoms with Gasteiger partial charge in [-0.05, 0) is 12.8 Å². The maximum absolute atomic E-state index is 11.7. The summed E-state index contributed by atoms with van der Waals surface area (Å²) in [5, 5.41) is 0. The molecule has 0 bridgehead atoms. The molecule has 0 fully saturated rings. The van der Waals surface area contributed by atoms with Crippen LogP contribution in [0.5, 0.6) is 0 Å². The zero-order chi connectivity index (χ0) is 21.5. The van der Waals surface area contributed by atoms with Crippen LogP contribution in [-0.4, -0.2) is 13.2 Å². The fraction of sp³-hybridized carbons (Fsp3) is 1.00. The summed E-state index contributed by atoms with van der Waals surface area (Å²) in [6, 6.07) is 0. The zero-order valence-electron chi connectivity index (χ0n) is 20.0. The number of unbranched alkanes of at least 4 members (excludes halogenated alkanes) is 18. The van der Waals surface area contributed by atoms with E-state index in [1.807, 2.05) is 0 Å². The van der Waals surface area contributed by atoms with Crippen molar-refractivity contribution in [3.63, 3.8) is 0 Å². The van der Waals surface area contributed by atoms with Crippen molar-refractivity contribution in [3.05, 3.63) is 0 Å². The Morgan fingerprint density at radius 2 is 0.733 bits per heavy atom. The summed E-state index contributed by atoms with van der Waals surface area (Å²) < 4.78 is 21.7. The predicted molar refractivity (Wildman–Crippen MR) is 123 cm³/mol. The molecule has 0 aromatic carbocycles. The van der Waals surface area contributed by atoms with Gasteiger partial charge in [-0.25, -0.2) is 0 Å². The first kappa shape index (κ1) is 32.8. The van der Waals surface area contributed by atoms with Gasteiger partial charge in [-0.1, -0.05) is 129 Å². The minimum Gasteiger partial charge on any atom is -0.756 e. The average molecular weight is 493 g/mol. The van der Waals surface area contributed by atoms with E-state index in [2.05, 4.69) is 13.8 Å². The van der Waals surface area contributed by atoms with Crippen LogP contribution in [0.2, 0.25) is 0 Å². The largest absolute Gasteiger partial charge is 0.756 e. The van der Waals surface area contributed by atoms with Gasteiger partial charge < -0.3 is 13.9 Å². The van der Waals surface area contributed by atoms with Crippen molar-refractivity contribution in [2.24, 2.45) is 0 Å². The van der Waals surface area contributed by atoms with Crippen molar-refractivity contribution in [3.8, 4) is 0 Å². The van der Waals surface area contributed by atoms with Crippen molar-refractivity contribution < 1.29 is 35.3 Å². The Morgan fingerprint density at radius 1 is 0.500 bits per heavy atom. The Bertz CT molecular complexity index is 339. The van der Waals surface area contributed by atoms with Crippen molar-refractivity contribution in [2.45, 2.75) is 142 Å². The summed E-state index contributed by atoms with van der Waals surface area (Å²) in [7, 11) is -4.10. The molecular formula is C24H50CoO4P-. The summed E-state index contributed by atoms with van der Waals surface area (Å²) in [5.41, 5.74) is 0. The van der Waals surface area contributed by atoms with E-state index in [4.69, 9.17) is 9.05 Å². The van der Waals surface area contributed by atoms with Gasteiger partial charge in [0.15, 0.2) is 0 Å². The van der Waals surface area contributed by atoms with Gasteiger partial charge in [0.2, 0.25) is 0 Å². The van der Waals surface area contributed by atoms with Gasteiger partial charge in [0.25, 0.3) is 7.82 Å². The second-order valence-corrected chi connectivity index (χ2v) is 9.89. The van der Waals surface area contributed by atoms with Crippen LogP contribution in [0, 0.1) is 0 Å². The molecule has 6 heteroatoms. The van der Waals surface area contributed by atoms with Crippen LogP contribution in [0.4, 0.5) is 0 Å². The number of phosphoric acid groups is 1. The molecule has 0 aliphatic heterocycles. The molecular weight excluding hydrogens is 442 g/mol. The Morgan fingerprint density at radius 3 is 1.00 bits per heavy atom. The summed E-state index contributed by atoms with van der Waals surface area (Å²) in [6.07, 6.45) is 24.5. The van der Waals surface area contributed by atoms with Crippen LogP contribution < -0.4 is 4.89 Å². The maximum atomic E-state index is 11.7. The van der Waals surface area contributed by atoms with Crippen LogP contribution in [0.3, 0.4) is 0 Å². The van der Waals surface area contributed by atoms with E-state index >= 15 is 0 Å². The van der Waals surface area contributed by atoms with E-state index in [1.54, 1.807) is 0 Å². The predicted octanol–water partition coefficient (Wildman–Crippen LogP) is 8.33. The molecule has 0 unspecified atom stereocenters. The molecule has 185 valence electrons. The van der Waals surface area contributed by atoms with Crippen LogP contribution in [0.25, 0.3) is 0 Å².